The summed E-state index contributed by atoms with van der Waals surface area (Å²) < 4.78 is 9.59. The van der Waals surface area contributed by atoms with Crippen LogP contribution in [0.5, 0.6) is 0 Å². The summed E-state index contributed by atoms with van der Waals surface area (Å²) in [7, 11) is 0. The van der Waals surface area contributed by atoms with Crippen LogP contribution in [0.15, 0.2) is 11.3 Å². The zero-order valence-corrected chi connectivity index (χ0v) is 20.4. The third kappa shape index (κ3) is 7.44. The molecule has 0 aliphatic carbocycles. The van der Waals surface area contributed by atoms with Crippen molar-refractivity contribution in [3.63, 3.8) is 0 Å². The summed E-state index contributed by atoms with van der Waals surface area (Å²) in [6.45, 7) is 2.45. The predicted molar refractivity (Wildman–Crippen MR) is 121 cm³/mol. The first-order valence-corrected chi connectivity index (χ1v) is 12.0. The van der Waals surface area contributed by atoms with E-state index in [4.69, 9.17) is 4.74 Å². The van der Waals surface area contributed by atoms with E-state index in [1.807, 2.05) is 0 Å². The Labute approximate surface area is 209 Å². The molecule has 15 heteroatoms. The summed E-state index contributed by atoms with van der Waals surface area (Å²) in [5, 5.41) is 22.8. The van der Waals surface area contributed by atoms with Crippen molar-refractivity contribution in [3.05, 3.63) is 11.3 Å². The zero-order valence-electron chi connectivity index (χ0n) is 19.6. The van der Waals surface area contributed by atoms with Crippen molar-refractivity contribution in [2.75, 3.05) is 19.0 Å². The van der Waals surface area contributed by atoms with Gasteiger partial charge < -0.3 is 30.3 Å². The van der Waals surface area contributed by atoms with E-state index < -0.39 is 72.1 Å². The zero-order chi connectivity index (χ0) is 27.0. The summed E-state index contributed by atoms with van der Waals surface area (Å²) in [6.07, 6.45) is -1.43. The highest BCUT2D eigenvalue weighted by molar-refractivity contribution is 8.00. The number of hydrogen-bond donors (Lipinski definition) is 4. The molecule has 0 radical (unpaired) electrons. The van der Waals surface area contributed by atoms with Crippen LogP contribution in [-0.4, -0.2) is 93.1 Å². The standard InChI is InChI=1S/C21H27N3O11S/c1-3-34-21(33)22-12(19(29)30)5-4-6-13(26)23-15-17(28)24-16(20(31)32)11(9-36-18(15)24)8-35-14(27)7-10(2)25/h12,15,18H,3-9H2,1-2H3,(H,22,33)(H,23,26)(H,29,30)(H,31,32)/t12?,15-,18+/m1/s1. The van der Waals surface area contributed by atoms with E-state index in [0.29, 0.717) is 0 Å². The van der Waals surface area contributed by atoms with Crippen molar-refractivity contribution in [1.29, 1.82) is 0 Å². The van der Waals surface area contributed by atoms with Crippen LogP contribution in [0.25, 0.3) is 0 Å². The Morgan fingerprint density at radius 1 is 1.17 bits per heavy atom. The maximum atomic E-state index is 12.6. The maximum absolute atomic E-state index is 12.6. The van der Waals surface area contributed by atoms with Gasteiger partial charge in [-0.1, -0.05) is 0 Å². The highest BCUT2D eigenvalue weighted by Crippen LogP contribution is 2.40. The Morgan fingerprint density at radius 2 is 1.86 bits per heavy atom. The van der Waals surface area contributed by atoms with Gasteiger partial charge in [0.05, 0.1) is 6.61 Å². The Morgan fingerprint density at radius 3 is 2.44 bits per heavy atom. The predicted octanol–water partition coefficient (Wildman–Crippen LogP) is -0.383. The molecule has 3 amide bonds. The van der Waals surface area contributed by atoms with Gasteiger partial charge in [0.2, 0.25) is 5.91 Å². The van der Waals surface area contributed by atoms with Gasteiger partial charge in [-0.15, -0.1) is 11.8 Å². The van der Waals surface area contributed by atoms with Crippen molar-refractivity contribution in [2.24, 2.45) is 0 Å². The lowest BCUT2D eigenvalue weighted by molar-refractivity contribution is -0.151. The number of Topliss-reactive ketones (excluding diaryl/α,β-unsaturated/α-hetero) is 1. The van der Waals surface area contributed by atoms with Gasteiger partial charge in [0.1, 0.15) is 42.0 Å². The third-order valence-electron chi connectivity index (χ3n) is 5.13. The quantitative estimate of drug-likeness (QED) is 0.137. The fourth-order valence-electron chi connectivity index (χ4n) is 3.50. The Hall–Kier alpha value is -3.62. The van der Waals surface area contributed by atoms with Crippen molar-refractivity contribution in [3.8, 4) is 0 Å². The number of carbonyl (C=O) groups is 7. The molecule has 0 aromatic carbocycles. The van der Waals surface area contributed by atoms with Gasteiger partial charge in [0.15, 0.2) is 0 Å². The van der Waals surface area contributed by atoms with Crippen LogP contribution in [0.3, 0.4) is 0 Å². The number of carboxylic acid groups (broad SMARTS) is 2. The van der Waals surface area contributed by atoms with Gasteiger partial charge in [-0.05, 0) is 26.7 Å². The molecule has 1 fully saturated rings. The van der Waals surface area contributed by atoms with E-state index in [2.05, 4.69) is 15.4 Å². The van der Waals surface area contributed by atoms with Crippen LogP contribution in [0.4, 0.5) is 4.79 Å². The normalized spacial score (nSPS) is 19.4. The van der Waals surface area contributed by atoms with E-state index >= 15 is 0 Å². The molecule has 2 rings (SSSR count). The minimum atomic E-state index is -1.40. The second kappa shape index (κ2) is 12.9. The van der Waals surface area contributed by atoms with E-state index in [9.17, 15) is 43.8 Å². The number of carboxylic acids is 2. The molecule has 0 aromatic rings. The molecule has 36 heavy (non-hydrogen) atoms. The molecule has 0 saturated carbocycles. The van der Waals surface area contributed by atoms with E-state index in [0.717, 1.165) is 4.90 Å². The van der Waals surface area contributed by atoms with Gasteiger partial charge in [-0.25, -0.2) is 14.4 Å². The molecule has 14 nitrogen and oxygen atoms in total. The molecule has 4 N–H and O–H groups in total. The number of fused-ring (bicyclic) bond motifs is 1. The van der Waals surface area contributed by atoms with Crippen LogP contribution in [-0.2, 0) is 38.2 Å². The van der Waals surface area contributed by atoms with Crippen molar-refractivity contribution >= 4 is 53.4 Å². The minimum absolute atomic E-state index is 0.0535. The topological polar surface area (TPSA) is 206 Å². The number of esters is 1. The fraction of sp³-hybridized carbons (Fsp3) is 0.571. The number of thioether (sulfide) groups is 1. The maximum Gasteiger partial charge on any atom is 0.407 e. The highest BCUT2D eigenvalue weighted by atomic mass is 32.2. The van der Waals surface area contributed by atoms with E-state index in [1.54, 1.807) is 6.92 Å². The minimum Gasteiger partial charge on any atom is -0.480 e. The van der Waals surface area contributed by atoms with Crippen LogP contribution < -0.4 is 10.6 Å². The molecule has 0 spiro atoms. The van der Waals surface area contributed by atoms with Crippen molar-refractivity contribution in [2.45, 2.75) is 57.0 Å². The van der Waals surface area contributed by atoms with Crippen molar-refractivity contribution < 1.29 is 53.2 Å². The largest absolute Gasteiger partial charge is 0.480 e. The van der Waals surface area contributed by atoms with Crippen molar-refractivity contribution in [1.82, 2.24) is 15.5 Å². The molecule has 2 aliphatic heterocycles. The highest BCUT2D eigenvalue weighted by Gasteiger charge is 2.54. The Kier molecular flexibility index (Phi) is 10.3. The number of ketones is 1. The van der Waals surface area contributed by atoms with E-state index in [-0.39, 0.29) is 42.9 Å². The molecular weight excluding hydrogens is 502 g/mol. The Balaban J connectivity index is 1.91. The number of aliphatic carboxylic acids is 2. The number of nitrogens with one attached hydrogen (secondary N) is 2. The summed E-state index contributed by atoms with van der Waals surface area (Å²) in [5.74, 6) is -4.98. The summed E-state index contributed by atoms with van der Waals surface area (Å²) >= 11 is 1.18. The van der Waals surface area contributed by atoms with Gasteiger partial charge in [-0.2, -0.15) is 0 Å². The molecular formula is C21H27N3O11S. The number of alkyl carbamates (subject to hydrolysis) is 1. The lowest BCUT2D eigenvalue weighted by Gasteiger charge is -2.49. The Bertz CT molecular complexity index is 980. The van der Waals surface area contributed by atoms with Gasteiger partial charge in [0, 0.05) is 17.7 Å². The van der Waals surface area contributed by atoms with Crippen LogP contribution >= 0.6 is 11.8 Å². The second-order valence-electron chi connectivity index (χ2n) is 7.90. The lowest BCUT2D eigenvalue weighted by Crippen LogP contribution is -2.70. The molecule has 0 aromatic heterocycles. The van der Waals surface area contributed by atoms with Gasteiger partial charge >= 0.3 is 24.0 Å². The summed E-state index contributed by atoms with van der Waals surface area (Å²) in [4.78, 5) is 83.1. The third-order valence-corrected chi connectivity index (χ3v) is 6.47. The molecule has 2 aliphatic rings. The van der Waals surface area contributed by atoms with Crippen LogP contribution in [0.1, 0.15) is 39.5 Å². The number of β-lactam (4-membered cyclic amide) rings is 1. The molecule has 3 atom stereocenters. The number of rotatable bonds is 13. The smallest absolute Gasteiger partial charge is 0.407 e. The SMILES string of the molecule is CCOC(=O)NC(CCCC(=O)N[C@@H]1C(=O)N2C(C(=O)O)=C(COC(=O)CC(C)=O)CS[C@@H]12)C(=O)O. The van der Waals surface area contributed by atoms with E-state index in [1.165, 1.54) is 18.7 Å². The average Bonchev–Trinajstić information content (AvgIpc) is 2.79. The number of nitrogens with zero attached hydrogens (tertiary/aromatic N) is 1. The number of amides is 3. The monoisotopic (exact) mass is 529 g/mol. The molecule has 198 valence electrons. The lowest BCUT2D eigenvalue weighted by atomic mass is 10.0. The summed E-state index contributed by atoms with van der Waals surface area (Å²) in [6, 6.07) is -2.23. The average molecular weight is 530 g/mol. The second-order valence-corrected chi connectivity index (χ2v) is 9.00. The van der Waals surface area contributed by atoms with Gasteiger partial charge in [-0.3, -0.25) is 24.1 Å². The van der Waals surface area contributed by atoms with Crippen LogP contribution in [0, 0.1) is 0 Å². The first-order chi connectivity index (χ1) is 17.0. The first kappa shape index (κ1) is 28.6. The molecule has 1 saturated heterocycles. The summed E-state index contributed by atoms with van der Waals surface area (Å²) in [5.41, 5.74) is -0.146. The molecule has 1 unspecified atom stereocenters. The molecule has 2 heterocycles. The number of hydrogen-bond acceptors (Lipinski definition) is 10. The fourth-order valence-corrected chi connectivity index (χ4v) is 4.83. The molecule has 0 bridgehead atoms. The number of ether oxygens (including phenoxy) is 2. The number of carbonyl (C=O) groups excluding carboxylic acids is 5. The van der Waals surface area contributed by atoms with Crippen LogP contribution in [0.2, 0.25) is 0 Å². The van der Waals surface area contributed by atoms with Gasteiger partial charge in [0.25, 0.3) is 5.91 Å². The first-order valence-electron chi connectivity index (χ1n) is 11.0.